The summed E-state index contributed by atoms with van der Waals surface area (Å²) in [4.78, 5) is 27.4. The number of amides is 1. The summed E-state index contributed by atoms with van der Waals surface area (Å²) in [6, 6.07) is 0. The molecule has 0 unspecified atom stereocenters. The predicted molar refractivity (Wildman–Crippen MR) is 72.6 cm³/mol. The third-order valence-corrected chi connectivity index (χ3v) is 6.52. The molecule has 19 heavy (non-hydrogen) atoms. The molecule has 1 aliphatic heterocycles. The van der Waals surface area contributed by atoms with Gasteiger partial charge < -0.3 is 10.2 Å². The highest BCUT2D eigenvalue weighted by molar-refractivity contribution is 5.99. The summed E-state index contributed by atoms with van der Waals surface area (Å²) >= 11 is 0. The number of fused-ring (bicyclic) bond motifs is 2. The van der Waals surface area contributed by atoms with Crippen LogP contribution in [0.5, 0.6) is 0 Å². The molecule has 1 amide bonds. The Morgan fingerprint density at radius 3 is 2.26 bits per heavy atom. The van der Waals surface area contributed by atoms with E-state index in [1.165, 1.54) is 0 Å². The minimum Gasteiger partial charge on any atom is -0.340 e. The molecule has 2 aliphatic carbocycles. The van der Waals surface area contributed by atoms with E-state index >= 15 is 0 Å². The lowest BCUT2D eigenvalue weighted by molar-refractivity contribution is -0.148. The number of nitrogens with one attached hydrogen (secondary N) is 1. The molecule has 0 spiro atoms. The third-order valence-electron chi connectivity index (χ3n) is 6.52. The van der Waals surface area contributed by atoms with Gasteiger partial charge in [-0.25, -0.2) is 0 Å². The molecule has 0 aromatic carbocycles. The van der Waals surface area contributed by atoms with Crippen molar-refractivity contribution in [2.24, 2.45) is 16.2 Å². The van der Waals surface area contributed by atoms with E-state index in [9.17, 15) is 9.59 Å². The third kappa shape index (κ3) is 1.38. The van der Waals surface area contributed by atoms with E-state index < -0.39 is 5.41 Å². The average molecular weight is 264 g/mol. The number of rotatable bonds is 1. The highest BCUT2D eigenvalue weighted by Crippen LogP contribution is 2.70. The maximum atomic E-state index is 13.0. The topological polar surface area (TPSA) is 49.4 Å². The fraction of sp³-hybridized carbons (Fsp3) is 0.867. The molecular weight excluding hydrogens is 240 g/mol. The summed E-state index contributed by atoms with van der Waals surface area (Å²) in [5, 5.41) is 3.28. The molecule has 1 saturated heterocycles. The van der Waals surface area contributed by atoms with Crippen LogP contribution in [0.2, 0.25) is 0 Å². The van der Waals surface area contributed by atoms with Crippen LogP contribution in [-0.2, 0) is 9.59 Å². The lowest BCUT2D eigenvalue weighted by Crippen LogP contribution is -2.54. The lowest BCUT2D eigenvalue weighted by atomic mass is 9.64. The molecule has 0 radical (unpaired) electrons. The quantitative estimate of drug-likeness (QED) is 0.774. The molecule has 106 valence electrons. The Hall–Kier alpha value is -0.900. The molecule has 4 nitrogen and oxygen atoms in total. The zero-order valence-corrected chi connectivity index (χ0v) is 12.2. The normalized spacial score (nSPS) is 40.8. The molecule has 3 rings (SSSR count). The maximum absolute atomic E-state index is 13.0. The summed E-state index contributed by atoms with van der Waals surface area (Å²) in [5.74, 6) is 0.529. The SMILES string of the molecule is CC1(C)[C@]2(C(=O)N3CCNCC3)CC[C@@]1(C)C(=O)C2. The fourth-order valence-corrected chi connectivity index (χ4v) is 4.50. The first-order chi connectivity index (χ1) is 8.85. The molecule has 1 N–H and O–H groups in total. The molecule has 3 aliphatic rings. The van der Waals surface area contributed by atoms with E-state index in [2.05, 4.69) is 26.1 Å². The average Bonchev–Trinajstić information content (AvgIpc) is 2.69. The standard InChI is InChI=1S/C15H24N2O2/c1-13(2)14(3)4-5-15(13,10-11(14)18)12(19)17-8-6-16-7-9-17/h16H,4-10H2,1-3H3/t14-,15+/m0/s1. The van der Waals surface area contributed by atoms with Gasteiger partial charge in [-0.05, 0) is 18.3 Å². The van der Waals surface area contributed by atoms with Crippen molar-refractivity contribution in [3.05, 3.63) is 0 Å². The highest BCUT2D eigenvalue weighted by atomic mass is 16.2. The van der Waals surface area contributed by atoms with Gasteiger partial charge in [-0.3, -0.25) is 9.59 Å². The second-order valence-electron chi connectivity index (χ2n) is 7.18. The van der Waals surface area contributed by atoms with Crippen molar-refractivity contribution < 1.29 is 9.59 Å². The van der Waals surface area contributed by atoms with E-state index in [4.69, 9.17) is 0 Å². The Morgan fingerprint density at radius 2 is 1.79 bits per heavy atom. The first-order valence-corrected chi connectivity index (χ1v) is 7.39. The number of piperazine rings is 1. The number of carbonyl (C=O) groups excluding carboxylic acids is 2. The van der Waals surface area contributed by atoms with Gasteiger partial charge in [-0.2, -0.15) is 0 Å². The van der Waals surface area contributed by atoms with E-state index in [-0.39, 0.29) is 16.7 Å². The van der Waals surface area contributed by atoms with E-state index in [0.717, 1.165) is 39.0 Å². The van der Waals surface area contributed by atoms with E-state index in [1.807, 2.05) is 4.90 Å². The molecule has 2 saturated carbocycles. The summed E-state index contributed by atoms with van der Waals surface area (Å²) in [7, 11) is 0. The second-order valence-corrected chi connectivity index (χ2v) is 7.18. The largest absolute Gasteiger partial charge is 0.340 e. The molecule has 3 fully saturated rings. The van der Waals surface area contributed by atoms with Crippen molar-refractivity contribution in [3.63, 3.8) is 0 Å². The monoisotopic (exact) mass is 264 g/mol. The van der Waals surface area contributed by atoms with Crippen molar-refractivity contribution in [3.8, 4) is 0 Å². The summed E-state index contributed by atoms with van der Waals surface area (Å²) in [6.07, 6.45) is 2.21. The van der Waals surface area contributed by atoms with Gasteiger partial charge in [0.15, 0.2) is 0 Å². The molecule has 0 aromatic heterocycles. The Kier molecular flexibility index (Phi) is 2.63. The van der Waals surface area contributed by atoms with Crippen LogP contribution < -0.4 is 5.32 Å². The predicted octanol–water partition coefficient (Wildman–Crippen LogP) is 1.20. The van der Waals surface area contributed by atoms with E-state index in [0.29, 0.717) is 12.2 Å². The van der Waals surface area contributed by atoms with Crippen LogP contribution in [0.3, 0.4) is 0 Å². The van der Waals surface area contributed by atoms with Gasteiger partial charge in [0.1, 0.15) is 5.78 Å². The molecular formula is C15H24N2O2. The van der Waals surface area contributed by atoms with Gasteiger partial charge in [0.25, 0.3) is 0 Å². The number of hydrogen-bond donors (Lipinski definition) is 1. The van der Waals surface area contributed by atoms with Crippen LogP contribution in [0.15, 0.2) is 0 Å². The van der Waals surface area contributed by atoms with Gasteiger partial charge in [-0.15, -0.1) is 0 Å². The Bertz CT molecular complexity index is 439. The lowest BCUT2D eigenvalue weighted by Gasteiger charge is -2.42. The highest BCUT2D eigenvalue weighted by Gasteiger charge is 2.72. The Labute approximate surface area is 114 Å². The maximum Gasteiger partial charge on any atom is 0.229 e. The van der Waals surface area contributed by atoms with Gasteiger partial charge >= 0.3 is 0 Å². The van der Waals surface area contributed by atoms with Gasteiger partial charge in [0.05, 0.1) is 5.41 Å². The zero-order chi connectivity index (χ0) is 13.9. The van der Waals surface area contributed by atoms with Crippen molar-refractivity contribution in [1.82, 2.24) is 10.2 Å². The number of nitrogens with zero attached hydrogens (tertiary/aromatic N) is 1. The van der Waals surface area contributed by atoms with Crippen LogP contribution in [0.1, 0.15) is 40.0 Å². The minimum absolute atomic E-state index is 0.209. The summed E-state index contributed by atoms with van der Waals surface area (Å²) < 4.78 is 0. The number of Topliss-reactive ketones (excluding diaryl/α,β-unsaturated/α-hetero) is 1. The molecule has 1 heterocycles. The smallest absolute Gasteiger partial charge is 0.229 e. The molecule has 0 aromatic rings. The molecule has 2 atom stereocenters. The Balaban J connectivity index is 1.95. The second kappa shape index (κ2) is 3.81. The summed E-state index contributed by atoms with van der Waals surface area (Å²) in [6.45, 7) is 9.62. The number of hydrogen-bond acceptors (Lipinski definition) is 3. The van der Waals surface area contributed by atoms with Crippen molar-refractivity contribution in [1.29, 1.82) is 0 Å². The van der Waals surface area contributed by atoms with Gasteiger partial charge in [0.2, 0.25) is 5.91 Å². The first-order valence-electron chi connectivity index (χ1n) is 7.39. The van der Waals surface area contributed by atoms with Crippen LogP contribution in [0.4, 0.5) is 0 Å². The van der Waals surface area contributed by atoms with E-state index in [1.54, 1.807) is 0 Å². The van der Waals surface area contributed by atoms with Crippen molar-refractivity contribution >= 4 is 11.7 Å². The van der Waals surface area contributed by atoms with Gasteiger partial charge in [0, 0.05) is 38.0 Å². The first kappa shape index (κ1) is 13.1. The number of ketones is 1. The number of carbonyl (C=O) groups is 2. The minimum atomic E-state index is -0.434. The van der Waals surface area contributed by atoms with Crippen LogP contribution in [0, 0.1) is 16.2 Å². The van der Waals surface area contributed by atoms with Crippen LogP contribution in [-0.4, -0.2) is 42.8 Å². The molecule has 4 heteroatoms. The zero-order valence-electron chi connectivity index (χ0n) is 12.2. The van der Waals surface area contributed by atoms with Crippen molar-refractivity contribution in [2.75, 3.05) is 26.2 Å². The summed E-state index contributed by atoms with van der Waals surface area (Å²) in [5.41, 5.74) is -0.939. The van der Waals surface area contributed by atoms with Crippen LogP contribution in [0.25, 0.3) is 0 Å². The molecule has 2 bridgehead atoms. The fourth-order valence-electron chi connectivity index (χ4n) is 4.50. The van der Waals surface area contributed by atoms with Gasteiger partial charge in [-0.1, -0.05) is 20.8 Å². The van der Waals surface area contributed by atoms with Crippen LogP contribution >= 0.6 is 0 Å². The Morgan fingerprint density at radius 1 is 1.16 bits per heavy atom. The van der Waals surface area contributed by atoms with Crippen molar-refractivity contribution in [2.45, 2.75) is 40.0 Å².